The first-order valence-corrected chi connectivity index (χ1v) is 7.52. The second-order valence-electron chi connectivity index (χ2n) is 5.95. The quantitative estimate of drug-likeness (QED) is 0.708. The van der Waals surface area contributed by atoms with Gasteiger partial charge >= 0.3 is 12.0 Å². The van der Waals surface area contributed by atoms with Crippen molar-refractivity contribution in [2.45, 2.75) is 45.1 Å². The van der Waals surface area contributed by atoms with Gasteiger partial charge in [-0.25, -0.2) is 4.79 Å². The number of hydrogen-bond acceptors (Lipinski definition) is 3. The smallest absolute Gasteiger partial charge is 0.317 e. The highest BCUT2D eigenvalue weighted by atomic mass is 16.4. The molecule has 2 unspecified atom stereocenters. The van der Waals surface area contributed by atoms with Crippen LogP contribution in [0.5, 0.6) is 0 Å². The van der Waals surface area contributed by atoms with E-state index in [1.54, 1.807) is 4.90 Å². The van der Waals surface area contributed by atoms with E-state index in [4.69, 9.17) is 0 Å². The minimum Gasteiger partial charge on any atom is -0.481 e. The van der Waals surface area contributed by atoms with Crippen molar-refractivity contribution in [2.24, 2.45) is 5.41 Å². The Kier molecular flexibility index (Phi) is 4.69. The number of nitrogens with one attached hydrogen (secondary N) is 2. The van der Waals surface area contributed by atoms with E-state index < -0.39 is 11.4 Å². The van der Waals surface area contributed by atoms with Gasteiger partial charge in [0, 0.05) is 32.1 Å². The molecule has 0 aromatic rings. The zero-order valence-corrected chi connectivity index (χ0v) is 12.4. The molecule has 2 aliphatic rings. The van der Waals surface area contributed by atoms with Crippen LogP contribution in [0.1, 0.15) is 39.0 Å². The first kappa shape index (κ1) is 15.6. The number of carboxylic acids is 1. The summed E-state index contributed by atoms with van der Waals surface area (Å²) in [7, 11) is 0. The van der Waals surface area contributed by atoms with E-state index in [-0.39, 0.29) is 24.5 Å². The SMILES string of the molecule is CCC1(C(=O)O)CCCN(C(=O)NC2CCC(=O)NC2)C1. The fourth-order valence-electron chi connectivity index (χ4n) is 3.04. The Labute approximate surface area is 124 Å². The maximum Gasteiger partial charge on any atom is 0.317 e. The standard InChI is InChI=1S/C14H23N3O4/c1-2-14(12(19)20)6-3-7-17(9-14)13(21)16-10-4-5-11(18)15-8-10/h10H,2-9H2,1H3,(H,15,18)(H,16,21)(H,19,20). The van der Waals surface area contributed by atoms with Crippen molar-refractivity contribution in [2.75, 3.05) is 19.6 Å². The van der Waals surface area contributed by atoms with Crippen LogP contribution in [0.4, 0.5) is 4.79 Å². The van der Waals surface area contributed by atoms with Gasteiger partial charge in [0.25, 0.3) is 0 Å². The molecule has 0 aliphatic carbocycles. The molecule has 0 bridgehead atoms. The lowest BCUT2D eigenvalue weighted by Crippen LogP contribution is -2.56. The second-order valence-corrected chi connectivity index (χ2v) is 5.95. The predicted molar refractivity (Wildman–Crippen MR) is 75.7 cm³/mol. The van der Waals surface area contributed by atoms with Crippen molar-refractivity contribution >= 4 is 17.9 Å². The van der Waals surface area contributed by atoms with Gasteiger partial charge in [0.05, 0.1) is 5.41 Å². The number of nitrogens with zero attached hydrogens (tertiary/aromatic N) is 1. The van der Waals surface area contributed by atoms with E-state index in [9.17, 15) is 19.5 Å². The molecule has 7 heteroatoms. The van der Waals surface area contributed by atoms with Crippen LogP contribution < -0.4 is 10.6 Å². The van der Waals surface area contributed by atoms with E-state index >= 15 is 0 Å². The van der Waals surface area contributed by atoms with Crippen molar-refractivity contribution in [3.05, 3.63) is 0 Å². The van der Waals surface area contributed by atoms with Gasteiger partial charge in [-0.3, -0.25) is 9.59 Å². The maximum atomic E-state index is 12.3. The summed E-state index contributed by atoms with van der Waals surface area (Å²) < 4.78 is 0. The highest BCUT2D eigenvalue weighted by Crippen LogP contribution is 2.33. The molecule has 0 spiro atoms. The second kappa shape index (κ2) is 6.32. The van der Waals surface area contributed by atoms with Crippen molar-refractivity contribution in [1.82, 2.24) is 15.5 Å². The summed E-state index contributed by atoms with van der Waals surface area (Å²) in [5, 5.41) is 15.0. The molecule has 0 aromatic heterocycles. The van der Waals surface area contributed by atoms with Gasteiger partial charge in [-0.05, 0) is 25.7 Å². The largest absolute Gasteiger partial charge is 0.481 e. The van der Waals surface area contributed by atoms with Crippen LogP contribution in [0.3, 0.4) is 0 Å². The van der Waals surface area contributed by atoms with E-state index in [1.807, 2.05) is 6.92 Å². The highest BCUT2D eigenvalue weighted by Gasteiger charge is 2.42. The number of hydrogen-bond donors (Lipinski definition) is 3. The van der Waals surface area contributed by atoms with Crippen LogP contribution in [0.2, 0.25) is 0 Å². The monoisotopic (exact) mass is 297 g/mol. The van der Waals surface area contributed by atoms with E-state index in [0.29, 0.717) is 45.2 Å². The number of carboxylic acid groups (broad SMARTS) is 1. The third-order valence-corrected chi connectivity index (χ3v) is 4.59. The zero-order valence-electron chi connectivity index (χ0n) is 12.4. The number of aliphatic carboxylic acids is 1. The topological polar surface area (TPSA) is 98.7 Å². The summed E-state index contributed by atoms with van der Waals surface area (Å²) in [6.07, 6.45) is 2.88. The normalized spacial score (nSPS) is 29.7. The molecule has 2 aliphatic heterocycles. The minimum absolute atomic E-state index is 0.00866. The number of piperidine rings is 2. The molecular formula is C14H23N3O4. The summed E-state index contributed by atoms with van der Waals surface area (Å²) in [6.45, 7) is 3.13. The Morgan fingerprint density at radius 3 is 2.86 bits per heavy atom. The molecule has 3 amide bonds. The number of carbonyl (C=O) groups is 3. The summed E-state index contributed by atoms with van der Waals surface area (Å²) >= 11 is 0. The molecule has 2 atom stereocenters. The Morgan fingerprint density at radius 2 is 2.29 bits per heavy atom. The van der Waals surface area contributed by atoms with Crippen molar-refractivity contribution in [1.29, 1.82) is 0 Å². The number of carbonyl (C=O) groups excluding carboxylic acids is 2. The van der Waals surface area contributed by atoms with Crippen LogP contribution in [0, 0.1) is 5.41 Å². The third-order valence-electron chi connectivity index (χ3n) is 4.59. The predicted octanol–water partition coefficient (Wildman–Crippen LogP) is 0.551. The van der Waals surface area contributed by atoms with Gasteiger partial charge < -0.3 is 20.6 Å². The Balaban J connectivity index is 1.93. The van der Waals surface area contributed by atoms with Crippen LogP contribution in [0.15, 0.2) is 0 Å². The average Bonchev–Trinajstić information content (AvgIpc) is 2.49. The number of amides is 3. The maximum absolute atomic E-state index is 12.3. The summed E-state index contributed by atoms with van der Waals surface area (Å²) in [4.78, 5) is 36.5. The summed E-state index contributed by atoms with van der Waals surface area (Å²) in [6, 6.07) is -0.298. The Bertz CT molecular complexity index is 430. The fraction of sp³-hybridized carbons (Fsp3) is 0.786. The van der Waals surface area contributed by atoms with Gasteiger partial charge in [-0.2, -0.15) is 0 Å². The molecule has 2 heterocycles. The fourth-order valence-corrected chi connectivity index (χ4v) is 3.04. The number of likely N-dealkylation sites (tertiary alicyclic amines) is 1. The minimum atomic E-state index is -0.826. The van der Waals surface area contributed by atoms with E-state index in [0.717, 1.165) is 0 Å². The van der Waals surface area contributed by atoms with Crippen molar-refractivity contribution in [3.63, 3.8) is 0 Å². The molecule has 2 rings (SSSR count). The molecule has 118 valence electrons. The van der Waals surface area contributed by atoms with Gasteiger partial charge in [0.1, 0.15) is 0 Å². The van der Waals surface area contributed by atoms with E-state index in [1.165, 1.54) is 0 Å². The Hall–Kier alpha value is -1.79. The van der Waals surface area contributed by atoms with Gasteiger partial charge in [-0.1, -0.05) is 6.92 Å². The molecule has 2 fully saturated rings. The van der Waals surface area contributed by atoms with Crippen LogP contribution >= 0.6 is 0 Å². The Morgan fingerprint density at radius 1 is 1.52 bits per heavy atom. The number of urea groups is 1. The molecule has 21 heavy (non-hydrogen) atoms. The lowest BCUT2D eigenvalue weighted by Gasteiger charge is -2.40. The van der Waals surface area contributed by atoms with Gasteiger partial charge in [-0.15, -0.1) is 0 Å². The molecule has 3 N–H and O–H groups in total. The van der Waals surface area contributed by atoms with Crippen molar-refractivity contribution in [3.8, 4) is 0 Å². The van der Waals surface area contributed by atoms with Gasteiger partial charge in [0.15, 0.2) is 0 Å². The molecule has 7 nitrogen and oxygen atoms in total. The van der Waals surface area contributed by atoms with Crippen LogP contribution in [-0.2, 0) is 9.59 Å². The third kappa shape index (κ3) is 3.46. The highest BCUT2D eigenvalue weighted by molar-refractivity contribution is 5.80. The zero-order chi connectivity index (χ0) is 15.5. The first-order chi connectivity index (χ1) is 9.97. The molecular weight excluding hydrogens is 274 g/mol. The van der Waals surface area contributed by atoms with Crippen LogP contribution in [0.25, 0.3) is 0 Å². The average molecular weight is 297 g/mol. The lowest BCUT2D eigenvalue weighted by molar-refractivity contribution is -0.152. The molecule has 0 saturated carbocycles. The summed E-state index contributed by atoms with van der Waals surface area (Å²) in [5.74, 6) is -0.818. The lowest BCUT2D eigenvalue weighted by atomic mass is 9.78. The molecule has 0 radical (unpaired) electrons. The molecule has 0 aromatic carbocycles. The summed E-state index contributed by atoms with van der Waals surface area (Å²) in [5.41, 5.74) is -0.823. The first-order valence-electron chi connectivity index (χ1n) is 7.52. The van der Waals surface area contributed by atoms with Crippen molar-refractivity contribution < 1.29 is 19.5 Å². The number of rotatable bonds is 3. The van der Waals surface area contributed by atoms with Crippen LogP contribution in [-0.4, -0.2) is 53.6 Å². The van der Waals surface area contributed by atoms with E-state index in [2.05, 4.69) is 10.6 Å². The van der Waals surface area contributed by atoms with Gasteiger partial charge in [0.2, 0.25) is 5.91 Å². The molecule has 2 saturated heterocycles.